The molecular formula is C26H27N3O4. The monoisotopic (exact) mass is 445 g/mol. The highest BCUT2D eigenvalue weighted by Gasteiger charge is 2.31. The smallest absolute Gasteiger partial charge is 0.258 e. The molecule has 4 heterocycles. The second kappa shape index (κ2) is 9.19. The lowest BCUT2D eigenvalue weighted by molar-refractivity contribution is -0.141. The molecule has 1 unspecified atom stereocenters. The number of nitrogens with zero attached hydrogens (tertiary/aromatic N) is 3. The molecule has 0 radical (unpaired) electrons. The van der Waals surface area contributed by atoms with E-state index >= 15 is 0 Å². The summed E-state index contributed by atoms with van der Waals surface area (Å²) >= 11 is 0. The molecule has 2 aromatic heterocycles. The van der Waals surface area contributed by atoms with Gasteiger partial charge < -0.3 is 18.9 Å². The van der Waals surface area contributed by atoms with Gasteiger partial charge in [-0.25, -0.2) is 0 Å². The second-order valence-electron chi connectivity index (χ2n) is 8.52. The van der Waals surface area contributed by atoms with Crippen molar-refractivity contribution in [3.63, 3.8) is 0 Å². The lowest BCUT2D eigenvalue weighted by atomic mass is 9.98. The van der Waals surface area contributed by atoms with Gasteiger partial charge in [0.2, 0.25) is 0 Å². The first-order chi connectivity index (χ1) is 16.1. The number of aromatic nitrogens is 2. The Balaban J connectivity index is 1.56. The van der Waals surface area contributed by atoms with Crippen LogP contribution in [0.2, 0.25) is 0 Å². The SMILES string of the molecule is COc1cccc(Cn2c3c(cc(-c4ccncc4)c2=O)CN(C(=O)C2CCCO2)CC3)c1. The summed E-state index contributed by atoms with van der Waals surface area (Å²) in [6, 6.07) is 13.4. The van der Waals surface area contributed by atoms with Crippen molar-refractivity contribution in [1.82, 2.24) is 14.5 Å². The van der Waals surface area contributed by atoms with Crippen LogP contribution in [0.15, 0.2) is 59.7 Å². The predicted octanol–water partition coefficient (Wildman–Crippen LogP) is 3.03. The third-order valence-electron chi connectivity index (χ3n) is 6.45. The first-order valence-corrected chi connectivity index (χ1v) is 11.3. The van der Waals surface area contributed by atoms with Gasteiger partial charge in [-0.3, -0.25) is 14.6 Å². The van der Waals surface area contributed by atoms with Crippen LogP contribution in [0.4, 0.5) is 0 Å². The number of benzene rings is 1. The molecule has 1 fully saturated rings. The average Bonchev–Trinajstić information content (AvgIpc) is 3.40. The summed E-state index contributed by atoms with van der Waals surface area (Å²) < 4.78 is 12.8. The summed E-state index contributed by atoms with van der Waals surface area (Å²) in [6.07, 6.45) is 5.37. The maximum Gasteiger partial charge on any atom is 0.258 e. The Morgan fingerprint density at radius 3 is 2.82 bits per heavy atom. The number of hydrogen-bond donors (Lipinski definition) is 0. The molecule has 1 atom stereocenters. The topological polar surface area (TPSA) is 73.7 Å². The number of hydrogen-bond acceptors (Lipinski definition) is 5. The van der Waals surface area contributed by atoms with Gasteiger partial charge in [-0.15, -0.1) is 0 Å². The van der Waals surface area contributed by atoms with Crippen molar-refractivity contribution in [2.24, 2.45) is 0 Å². The number of rotatable bonds is 5. The number of carbonyl (C=O) groups is 1. The molecule has 7 nitrogen and oxygen atoms in total. The van der Waals surface area contributed by atoms with Gasteiger partial charge in [-0.05, 0) is 59.9 Å². The standard InChI is InChI=1S/C26H27N3O4/c1-32-21-5-2-4-18(14-21)16-29-23-9-12-28(26(31)24-6-3-13-33-24)17-20(23)15-22(25(29)30)19-7-10-27-11-8-19/h2,4-5,7-8,10-11,14-15,24H,3,6,9,12-13,16-17H2,1H3. The minimum Gasteiger partial charge on any atom is -0.497 e. The van der Waals surface area contributed by atoms with E-state index in [0.29, 0.717) is 38.2 Å². The third-order valence-corrected chi connectivity index (χ3v) is 6.45. The molecule has 3 aromatic rings. The average molecular weight is 446 g/mol. The van der Waals surface area contributed by atoms with Gasteiger partial charge in [-0.2, -0.15) is 0 Å². The predicted molar refractivity (Wildman–Crippen MR) is 124 cm³/mol. The van der Waals surface area contributed by atoms with Gasteiger partial charge in [0, 0.05) is 49.8 Å². The zero-order valence-corrected chi connectivity index (χ0v) is 18.7. The van der Waals surface area contributed by atoms with Crippen molar-refractivity contribution < 1.29 is 14.3 Å². The molecule has 7 heteroatoms. The van der Waals surface area contributed by atoms with Crippen LogP contribution in [-0.4, -0.2) is 46.7 Å². The number of amides is 1. The molecule has 0 aliphatic carbocycles. The van der Waals surface area contributed by atoms with E-state index in [4.69, 9.17) is 9.47 Å². The van der Waals surface area contributed by atoms with Gasteiger partial charge >= 0.3 is 0 Å². The second-order valence-corrected chi connectivity index (χ2v) is 8.52. The zero-order chi connectivity index (χ0) is 22.8. The zero-order valence-electron chi connectivity index (χ0n) is 18.7. The highest BCUT2D eigenvalue weighted by Crippen LogP contribution is 2.26. The van der Waals surface area contributed by atoms with Crippen LogP contribution in [0, 0.1) is 0 Å². The molecule has 5 rings (SSSR count). The fourth-order valence-corrected chi connectivity index (χ4v) is 4.74. The van der Waals surface area contributed by atoms with E-state index in [1.54, 1.807) is 19.5 Å². The Morgan fingerprint density at radius 2 is 2.06 bits per heavy atom. The summed E-state index contributed by atoms with van der Waals surface area (Å²) in [5.41, 5.74) is 4.37. The molecule has 0 bridgehead atoms. The fourth-order valence-electron chi connectivity index (χ4n) is 4.74. The summed E-state index contributed by atoms with van der Waals surface area (Å²) in [5, 5.41) is 0. The normalized spacial score (nSPS) is 17.6. The van der Waals surface area contributed by atoms with Crippen molar-refractivity contribution >= 4 is 5.91 Å². The number of pyridine rings is 2. The van der Waals surface area contributed by atoms with Crippen molar-refractivity contribution in [3.05, 3.63) is 82.0 Å². The van der Waals surface area contributed by atoms with Gasteiger partial charge in [0.25, 0.3) is 11.5 Å². The Kier molecular flexibility index (Phi) is 5.96. The third kappa shape index (κ3) is 4.28. The molecule has 0 N–H and O–H groups in total. The van der Waals surface area contributed by atoms with Gasteiger partial charge in [0.1, 0.15) is 11.9 Å². The maximum atomic E-state index is 13.6. The van der Waals surface area contributed by atoms with Crippen LogP contribution in [-0.2, 0) is 29.0 Å². The van der Waals surface area contributed by atoms with Crippen molar-refractivity contribution in [2.75, 3.05) is 20.3 Å². The summed E-state index contributed by atoms with van der Waals surface area (Å²) in [7, 11) is 1.64. The molecule has 1 amide bonds. The Morgan fingerprint density at radius 1 is 1.21 bits per heavy atom. The first kappa shape index (κ1) is 21.4. The van der Waals surface area contributed by atoms with Crippen LogP contribution >= 0.6 is 0 Å². The van der Waals surface area contributed by atoms with E-state index in [9.17, 15) is 9.59 Å². The Labute approximate surface area is 192 Å². The van der Waals surface area contributed by atoms with Crippen LogP contribution < -0.4 is 10.3 Å². The van der Waals surface area contributed by atoms with E-state index in [1.807, 2.05) is 51.9 Å². The van der Waals surface area contributed by atoms with Gasteiger partial charge in [0.15, 0.2) is 0 Å². The molecule has 1 saturated heterocycles. The van der Waals surface area contributed by atoms with Crippen LogP contribution in [0.1, 0.15) is 29.7 Å². The lowest BCUT2D eigenvalue weighted by Gasteiger charge is -2.32. The van der Waals surface area contributed by atoms with Crippen molar-refractivity contribution in [1.29, 1.82) is 0 Å². The number of fused-ring (bicyclic) bond motifs is 1. The van der Waals surface area contributed by atoms with Gasteiger partial charge in [-0.1, -0.05) is 12.1 Å². The number of carbonyl (C=O) groups excluding carboxylic acids is 1. The molecule has 0 saturated carbocycles. The lowest BCUT2D eigenvalue weighted by Crippen LogP contribution is -2.43. The fraction of sp³-hybridized carbons (Fsp3) is 0.346. The largest absolute Gasteiger partial charge is 0.497 e. The molecule has 0 spiro atoms. The summed E-state index contributed by atoms with van der Waals surface area (Å²) in [4.78, 5) is 32.6. The quantitative estimate of drug-likeness (QED) is 0.604. The Hall–Kier alpha value is -3.45. The minimum atomic E-state index is -0.339. The molecule has 2 aliphatic heterocycles. The Bertz CT molecular complexity index is 1220. The highest BCUT2D eigenvalue weighted by molar-refractivity contribution is 5.81. The van der Waals surface area contributed by atoms with Crippen LogP contribution in [0.3, 0.4) is 0 Å². The molecule has 1 aromatic carbocycles. The summed E-state index contributed by atoms with van der Waals surface area (Å²) in [6.45, 7) is 2.15. The van der Waals surface area contributed by atoms with Crippen LogP contribution in [0.25, 0.3) is 11.1 Å². The van der Waals surface area contributed by atoms with E-state index in [1.165, 1.54) is 0 Å². The number of ether oxygens (including phenoxy) is 2. The molecule has 2 aliphatic rings. The molecule has 33 heavy (non-hydrogen) atoms. The van der Waals surface area contributed by atoms with Crippen molar-refractivity contribution in [2.45, 2.75) is 38.5 Å². The first-order valence-electron chi connectivity index (χ1n) is 11.3. The van der Waals surface area contributed by atoms with E-state index in [-0.39, 0.29) is 17.6 Å². The van der Waals surface area contributed by atoms with E-state index in [2.05, 4.69) is 4.98 Å². The highest BCUT2D eigenvalue weighted by atomic mass is 16.5. The minimum absolute atomic E-state index is 0.0401. The van der Waals surface area contributed by atoms with Crippen molar-refractivity contribution in [3.8, 4) is 16.9 Å². The molecule has 170 valence electrons. The van der Waals surface area contributed by atoms with E-state index in [0.717, 1.165) is 41.0 Å². The van der Waals surface area contributed by atoms with Gasteiger partial charge in [0.05, 0.1) is 13.7 Å². The molecular weight excluding hydrogens is 418 g/mol. The number of methoxy groups -OCH3 is 1. The summed E-state index contributed by atoms with van der Waals surface area (Å²) in [5.74, 6) is 0.808. The maximum absolute atomic E-state index is 13.6. The van der Waals surface area contributed by atoms with Crippen LogP contribution in [0.5, 0.6) is 5.75 Å². The van der Waals surface area contributed by atoms with E-state index < -0.39 is 0 Å².